The zero-order chi connectivity index (χ0) is 33.1. The van der Waals surface area contributed by atoms with Crippen LogP contribution in [0.2, 0.25) is 0 Å². The Balaban J connectivity index is 1.48. The zero-order valence-corrected chi connectivity index (χ0v) is 24.9. The third-order valence-electron chi connectivity index (χ3n) is 7.24. The van der Waals surface area contributed by atoms with Gasteiger partial charge in [-0.25, -0.2) is 14.8 Å². The fourth-order valence-corrected chi connectivity index (χ4v) is 4.87. The molecule has 3 aromatic heterocycles. The van der Waals surface area contributed by atoms with Crippen LogP contribution in [0, 0.1) is 0 Å². The number of rotatable bonds is 17. The van der Waals surface area contributed by atoms with Crippen LogP contribution >= 0.6 is 0 Å². The molecule has 4 unspecified atom stereocenters. The van der Waals surface area contributed by atoms with Gasteiger partial charge in [0.2, 0.25) is 17.7 Å². The fourth-order valence-electron chi connectivity index (χ4n) is 4.87. The Bertz CT molecular complexity index is 1630. The lowest BCUT2D eigenvalue weighted by molar-refractivity contribution is -0.142. The van der Waals surface area contributed by atoms with Gasteiger partial charge in [-0.1, -0.05) is 18.2 Å². The molecule has 0 aliphatic rings. The van der Waals surface area contributed by atoms with Gasteiger partial charge in [-0.05, 0) is 30.9 Å². The topological polar surface area (TPSA) is 288 Å². The van der Waals surface area contributed by atoms with E-state index >= 15 is 0 Å². The summed E-state index contributed by atoms with van der Waals surface area (Å²) in [6.07, 6.45) is 8.04. The number of nitrogens with two attached hydrogens (primary N) is 3. The van der Waals surface area contributed by atoms with Gasteiger partial charge in [0, 0.05) is 60.3 Å². The second-order valence-corrected chi connectivity index (χ2v) is 10.7. The minimum Gasteiger partial charge on any atom is -0.480 e. The lowest BCUT2D eigenvalue weighted by atomic mass is 10.0. The quantitative estimate of drug-likeness (QED) is 0.0367. The van der Waals surface area contributed by atoms with Crippen molar-refractivity contribution in [3.8, 4) is 0 Å². The van der Waals surface area contributed by atoms with Crippen LogP contribution in [0.3, 0.4) is 0 Å². The predicted octanol–water partition coefficient (Wildman–Crippen LogP) is -1.44. The third-order valence-corrected chi connectivity index (χ3v) is 7.24. The van der Waals surface area contributed by atoms with E-state index < -0.39 is 47.9 Å². The maximum Gasteiger partial charge on any atom is 0.326 e. The summed E-state index contributed by atoms with van der Waals surface area (Å²) in [6.45, 7) is 0.190. The number of aromatic amines is 3. The van der Waals surface area contributed by atoms with Crippen molar-refractivity contribution >= 4 is 40.6 Å². The summed E-state index contributed by atoms with van der Waals surface area (Å²) in [4.78, 5) is 72.8. The minimum absolute atomic E-state index is 0.0390. The van der Waals surface area contributed by atoms with Crippen LogP contribution < -0.4 is 33.2 Å². The maximum atomic E-state index is 13.6. The van der Waals surface area contributed by atoms with Gasteiger partial charge in [0.25, 0.3) is 0 Å². The van der Waals surface area contributed by atoms with Crippen LogP contribution in [0.4, 0.5) is 0 Å². The standard InChI is InChI=1S/C29H38N12O5/c30-20(8-16-11-36-21-5-2-1-4-19(16)21)25(42)39-22(6-3-7-35-29(31)32)26(43)40-23(9-17-12-33-14-37-17)27(44)41-24(28(45)46)10-18-13-34-15-38-18/h1-2,4-5,11-15,20,22-24,36H,3,6-10,30H2,(H,33,37)(H,34,38)(H,39,42)(H,40,43)(H,41,44)(H,45,46)(H4,31,32,35). The molecule has 4 aromatic rings. The first-order chi connectivity index (χ1) is 22.1. The Morgan fingerprint density at radius 1 is 0.826 bits per heavy atom. The van der Waals surface area contributed by atoms with E-state index in [2.05, 4.69) is 45.9 Å². The number of amides is 3. The summed E-state index contributed by atoms with van der Waals surface area (Å²) >= 11 is 0. The lowest BCUT2D eigenvalue weighted by Crippen LogP contribution is -2.58. The highest BCUT2D eigenvalue weighted by Crippen LogP contribution is 2.19. The number of imidazole rings is 2. The average Bonchev–Trinajstić information content (AvgIpc) is 3.81. The SMILES string of the molecule is NC(N)=NCCCC(NC(=O)C(N)Cc1c[nH]c2ccccc12)C(=O)NC(Cc1cnc[nH]1)C(=O)NC(Cc1cnc[nH]1)C(=O)O. The highest BCUT2D eigenvalue weighted by Gasteiger charge is 2.31. The van der Waals surface area contributed by atoms with Gasteiger partial charge >= 0.3 is 5.97 Å². The average molecular weight is 635 g/mol. The van der Waals surface area contributed by atoms with E-state index in [1.54, 1.807) is 6.20 Å². The van der Waals surface area contributed by atoms with Gasteiger partial charge in [-0.3, -0.25) is 19.4 Å². The number of nitrogens with zero attached hydrogens (tertiary/aromatic N) is 3. The summed E-state index contributed by atoms with van der Waals surface area (Å²) in [5.41, 5.74) is 19.9. The molecule has 0 aliphatic carbocycles. The first-order valence-electron chi connectivity index (χ1n) is 14.5. The minimum atomic E-state index is -1.31. The number of H-pyrrole nitrogens is 3. The van der Waals surface area contributed by atoms with Crippen molar-refractivity contribution in [1.82, 2.24) is 40.9 Å². The number of hydrogen-bond donors (Lipinski definition) is 10. The number of aliphatic carboxylic acids is 1. The van der Waals surface area contributed by atoms with Crippen LogP contribution in [0.1, 0.15) is 29.8 Å². The van der Waals surface area contributed by atoms with Crippen molar-refractivity contribution in [2.24, 2.45) is 22.2 Å². The Kier molecular flexibility index (Phi) is 11.4. The number of carboxylic acids is 1. The molecule has 17 nitrogen and oxygen atoms in total. The largest absolute Gasteiger partial charge is 0.480 e. The molecular weight excluding hydrogens is 596 g/mol. The van der Waals surface area contributed by atoms with Crippen molar-refractivity contribution in [2.75, 3.05) is 6.54 Å². The number of carbonyl (C=O) groups is 4. The van der Waals surface area contributed by atoms with Crippen LogP contribution in [0.5, 0.6) is 0 Å². The van der Waals surface area contributed by atoms with E-state index in [1.807, 2.05) is 24.3 Å². The molecule has 0 radical (unpaired) electrons. The summed E-state index contributed by atoms with van der Waals surface area (Å²) in [5.74, 6) is -3.41. The maximum absolute atomic E-state index is 13.6. The third kappa shape index (κ3) is 9.39. The van der Waals surface area contributed by atoms with Crippen molar-refractivity contribution in [3.05, 3.63) is 72.5 Å². The van der Waals surface area contributed by atoms with Crippen molar-refractivity contribution in [1.29, 1.82) is 0 Å². The molecule has 3 heterocycles. The fraction of sp³-hybridized carbons (Fsp3) is 0.345. The number of aliphatic imine (C=N–C) groups is 1. The van der Waals surface area contributed by atoms with Crippen LogP contribution in [-0.4, -0.2) is 90.4 Å². The smallest absolute Gasteiger partial charge is 0.326 e. The van der Waals surface area contributed by atoms with E-state index in [4.69, 9.17) is 17.2 Å². The second kappa shape index (κ2) is 15.8. The molecule has 13 N–H and O–H groups in total. The molecule has 0 spiro atoms. The number of nitrogens with one attached hydrogen (secondary N) is 6. The molecule has 0 bridgehead atoms. The normalized spacial score (nSPS) is 13.7. The second-order valence-electron chi connectivity index (χ2n) is 10.7. The summed E-state index contributed by atoms with van der Waals surface area (Å²) < 4.78 is 0. The first kappa shape index (κ1) is 33.2. The van der Waals surface area contributed by atoms with Crippen molar-refractivity contribution in [3.63, 3.8) is 0 Å². The van der Waals surface area contributed by atoms with E-state index in [-0.39, 0.29) is 38.2 Å². The molecule has 244 valence electrons. The number of aromatic nitrogens is 5. The number of fused-ring (bicyclic) bond motifs is 1. The van der Waals surface area contributed by atoms with Gasteiger partial charge in [0.15, 0.2) is 5.96 Å². The molecule has 0 saturated heterocycles. The number of carbonyl (C=O) groups excluding carboxylic acids is 3. The number of benzene rings is 1. The predicted molar refractivity (Wildman–Crippen MR) is 168 cm³/mol. The molecule has 3 amide bonds. The molecule has 0 fully saturated rings. The van der Waals surface area contributed by atoms with E-state index in [1.165, 1.54) is 25.0 Å². The molecule has 4 atom stereocenters. The molecular formula is C29H38N12O5. The Hall–Kier alpha value is -5.71. The van der Waals surface area contributed by atoms with Gasteiger partial charge in [-0.2, -0.15) is 0 Å². The van der Waals surface area contributed by atoms with Crippen LogP contribution in [0.15, 0.2) is 60.5 Å². The number of para-hydroxylation sites is 1. The van der Waals surface area contributed by atoms with Crippen molar-refractivity contribution in [2.45, 2.75) is 56.3 Å². The first-order valence-corrected chi connectivity index (χ1v) is 14.5. The highest BCUT2D eigenvalue weighted by molar-refractivity contribution is 5.94. The molecule has 17 heteroatoms. The van der Waals surface area contributed by atoms with Crippen LogP contribution in [0.25, 0.3) is 10.9 Å². The Labute approximate surface area is 263 Å². The monoisotopic (exact) mass is 634 g/mol. The van der Waals surface area contributed by atoms with Crippen molar-refractivity contribution < 1.29 is 24.3 Å². The van der Waals surface area contributed by atoms with E-state index in [0.29, 0.717) is 17.8 Å². The van der Waals surface area contributed by atoms with Gasteiger partial charge in [-0.15, -0.1) is 0 Å². The summed E-state index contributed by atoms with van der Waals surface area (Å²) in [7, 11) is 0. The summed E-state index contributed by atoms with van der Waals surface area (Å²) in [6, 6.07) is 2.95. The number of hydrogen-bond acceptors (Lipinski definition) is 8. The molecule has 46 heavy (non-hydrogen) atoms. The molecule has 0 saturated carbocycles. The Morgan fingerprint density at radius 2 is 1.43 bits per heavy atom. The Morgan fingerprint density at radius 3 is 2.07 bits per heavy atom. The molecule has 4 rings (SSSR count). The molecule has 1 aromatic carbocycles. The van der Waals surface area contributed by atoms with Gasteiger partial charge in [0.05, 0.1) is 18.7 Å². The molecule has 0 aliphatic heterocycles. The summed E-state index contributed by atoms with van der Waals surface area (Å²) in [5, 5.41) is 18.5. The van der Waals surface area contributed by atoms with Crippen LogP contribution in [-0.2, 0) is 38.4 Å². The number of guanidine groups is 1. The van der Waals surface area contributed by atoms with Gasteiger partial charge in [0.1, 0.15) is 18.1 Å². The highest BCUT2D eigenvalue weighted by atomic mass is 16.4. The number of carboxylic acid groups (broad SMARTS) is 1. The van der Waals surface area contributed by atoms with E-state index in [0.717, 1.165) is 16.5 Å². The van der Waals surface area contributed by atoms with E-state index in [9.17, 15) is 24.3 Å². The lowest BCUT2D eigenvalue weighted by Gasteiger charge is -2.25. The zero-order valence-electron chi connectivity index (χ0n) is 24.9. The van der Waals surface area contributed by atoms with Gasteiger partial charge < -0.3 is 53.2 Å².